The molecule has 0 aliphatic rings. The average molecular weight is 335 g/mol. The summed E-state index contributed by atoms with van der Waals surface area (Å²) >= 11 is 0. The number of ether oxygens (including phenoxy) is 1. The summed E-state index contributed by atoms with van der Waals surface area (Å²) in [5.74, 6) is 0.627. The standard InChI is InChI=1S/C17H22N2O3S/c1-19(2)13-15-6-4-14(5-7-15)12-18-23(20,21)17-10-8-16(22-3)9-11-17/h4-11,18H,12-13H2,1-3H3/p+1. The van der Waals surface area contributed by atoms with Crippen LogP contribution in [0.3, 0.4) is 0 Å². The minimum absolute atomic E-state index is 0.228. The number of nitrogens with one attached hydrogen (secondary N) is 2. The zero-order valence-corrected chi connectivity index (χ0v) is 14.5. The summed E-state index contributed by atoms with van der Waals surface area (Å²) in [5, 5.41) is 0. The van der Waals surface area contributed by atoms with Crippen molar-refractivity contribution in [2.24, 2.45) is 0 Å². The van der Waals surface area contributed by atoms with Gasteiger partial charge in [-0.15, -0.1) is 0 Å². The summed E-state index contributed by atoms with van der Waals surface area (Å²) in [5.41, 5.74) is 2.16. The van der Waals surface area contributed by atoms with Crippen LogP contribution in [0, 0.1) is 0 Å². The highest BCUT2D eigenvalue weighted by atomic mass is 32.2. The van der Waals surface area contributed by atoms with Gasteiger partial charge >= 0.3 is 0 Å². The van der Waals surface area contributed by atoms with Gasteiger partial charge in [-0.1, -0.05) is 24.3 Å². The molecule has 0 unspecified atom stereocenters. The molecule has 0 aliphatic carbocycles. The Hall–Kier alpha value is -1.89. The zero-order chi connectivity index (χ0) is 16.9. The van der Waals surface area contributed by atoms with Crippen LogP contribution in [0.4, 0.5) is 0 Å². The molecular weight excluding hydrogens is 312 g/mol. The first-order valence-corrected chi connectivity index (χ1v) is 8.89. The van der Waals surface area contributed by atoms with E-state index < -0.39 is 10.0 Å². The lowest BCUT2D eigenvalue weighted by molar-refractivity contribution is -0.872. The van der Waals surface area contributed by atoms with E-state index in [0.29, 0.717) is 5.75 Å². The molecule has 0 atom stereocenters. The van der Waals surface area contributed by atoms with Crippen molar-refractivity contribution in [3.8, 4) is 5.75 Å². The molecule has 0 fully saturated rings. The molecule has 2 N–H and O–H groups in total. The minimum atomic E-state index is -3.52. The second-order valence-electron chi connectivity index (χ2n) is 5.70. The molecule has 0 heterocycles. The molecule has 2 rings (SSSR count). The van der Waals surface area contributed by atoms with Crippen LogP contribution in [-0.4, -0.2) is 29.6 Å². The van der Waals surface area contributed by atoms with Crippen molar-refractivity contribution in [1.29, 1.82) is 0 Å². The summed E-state index contributed by atoms with van der Waals surface area (Å²) in [7, 11) is 2.21. The summed E-state index contributed by atoms with van der Waals surface area (Å²) in [6.07, 6.45) is 0. The number of methoxy groups -OCH3 is 1. The Balaban J connectivity index is 2.00. The molecule has 0 aliphatic heterocycles. The summed E-state index contributed by atoms with van der Waals surface area (Å²) in [4.78, 5) is 1.57. The van der Waals surface area contributed by atoms with E-state index in [1.807, 2.05) is 24.3 Å². The summed E-state index contributed by atoms with van der Waals surface area (Å²) < 4.78 is 32.2. The van der Waals surface area contributed by atoms with Gasteiger partial charge in [0.25, 0.3) is 0 Å². The third-order valence-corrected chi connectivity index (χ3v) is 4.83. The van der Waals surface area contributed by atoms with Gasteiger partial charge in [0, 0.05) is 12.1 Å². The van der Waals surface area contributed by atoms with Crippen LogP contribution in [0.25, 0.3) is 0 Å². The first-order valence-electron chi connectivity index (χ1n) is 7.41. The van der Waals surface area contributed by atoms with E-state index in [9.17, 15) is 8.42 Å². The van der Waals surface area contributed by atoms with Crippen LogP contribution >= 0.6 is 0 Å². The zero-order valence-electron chi connectivity index (χ0n) is 13.7. The molecule has 2 aromatic rings. The molecule has 0 aromatic heterocycles. The lowest BCUT2D eigenvalue weighted by atomic mass is 10.1. The molecule has 0 bridgehead atoms. The van der Waals surface area contributed by atoms with Gasteiger partial charge in [0.1, 0.15) is 12.3 Å². The van der Waals surface area contributed by atoms with Crippen molar-refractivity contribution < 1.29 is 18.1 Å². The predicted molar refractivity (Wildman–Crippen MR) is 90.0 cm³/mol. The van der Waals surface area contributed by atoms with Crippen LogP contribution in [0.15, 0.2) is 53.4 Å². The third-order valence-electron chi connectivity index (χ3n) is 3.42. The molecule has 2 aromatic carbocycles. The van der Waals surface area contributed by atoms with E-state index >= 15 is 0 Å². The van der Waals surface area contributed by atoms with E-state index in [4.69, 9.17) is 4.74 Å². The van der Waals surface area contributed by atoms with Crippen LogP contribution in [0.5, 0.6) is 5.75 Å². The van der Waals surface area contributed by atoms with Crippen LogP contribution in [0.2, 0.25) is 0 Å². The monoisotopic (exact) mass is 335 g/mol. The molecule has 0 saturated heterocycles. The van der Waals surface area contributed by atoms with Gasteiger partial charge in [0.2, 0.25) is 10.0 Å². The molecule has 6 heteroatoms. The Labute approximate surface area is 137 Å². The number of hydrogen-bond donors (Lipinski definition) is 2. The molecule has 124 valence electrons. The normalized spacial score (nSPS) is 11.7. The average Bonchev–Trinajstić information content (AvgIpc) is 2.54. The van der Waals surface area contributed by atoms with Crippen molar-refractivity contribution in [1.82, 2.24) is 4.72 Å². The van der Waals surface area contributed by atoms with Gasteiger partial charge in [-0.2, -0.15) is 0 Å². The van der Waals surface area contributed by atoms with Crippen LogP contribution < -0.4 is 14.4 Å². The summed E-state index contributed by atoms with van der Waals surface area (Å²) in [6.45, 7) is 1.21. The highest BCUT2D eigenvalue weighted by Gasteiger charge is 2.13. The lowest BCUT2D eigenvalue weighted by Crippen LogP contribution is -3.04. The van der Waals surface area contributed by atoms with E-state index in [-0.39, 0.29) is 11.4 Å². The van der Waals surface area contributed by atoms with Gasteiger partial charge in [0.15, 0.2) is 0 Å². The molecular formula is C17H23N2O3S+. The Morgan fingerprint density at radius 1 is 0.957 bits per heavy atom. The fourth-order valence-corrected chi connectivity index (χ4v) is 3.22. The number of hydrogen-bond acceptors (Lipinski definition) is 3. The topological polar surface area (TPSA) is 59.8 Å². The smallest absolute Gasteiger partial charge is 0.240 e. The molecule has 0 radical (unpaired) electrons. The van der Waals surface area contributed by atoms with Crippen molar-refractivity contribution in [2.45, 2.75) is 18.0 Å². The van der Waals surface area contributed by atoms with E-state index in [2.05, 4.69) is 18.8 Å². The first-order chi connectivity index (χ1) is 10.9. The fourth-order valence-electron chi connectivity index (χ4n) is 2.20. The van der Waals surface area contributed by atoms with Crippen LogP contribution in [-0.2, 0) is 23.1 Å². The number of rotatable bonds is 7. The van der Waals surface area contributed by atoms with E-state index in [0.717, 1.165) is 12.1 Å². The van der Waals surface area contributed by atoms with Crippen molar-refractivity contribution in [3.63, 3.8) is 0 Å². The Kier molecular flexibility index (Phi) is 5.76. The van der Waals surface area contributed by atoms with Crippen molar-refractivity contribution in [3.05, 3.63) is 59.7 Å². The molecule has 0 spiro atoms. The maximum atomic E-state index is 12.3. The van der Waals surface area contributed by atoms with E-state index in [1.165, 1.54) is 22.6 Å². The van der Waals surface area contributed by atoms with Gasteiger partial charge in [-0.25, -0.2) is 13.1 Å². The van der Waals surface area contributed by atoms with Crippen LogP contribution in [0.1, 0.15) is 11.1 Å². The number of sulfonamides is 1. The molecule has 0 saturated carbocycles. The fraction of sp³-hybridized carbons (Fsp3) is 0.294. The summed E-state index contributed by atoms with van der Waals surface area (Å²) in [6, 6.07) is 14.3. The highest BCUT2D eigenvalue weighted by Crippen LogP contribution is 2.15. The highest BCUT2D eigenvalue weighted by molar-refractivity contribution is 7.89. The predicted octanol–water partition coefficient (Wildman–Crippen LogP) is 0.818. The van der Waals surface area contributed by atoms with Gasteiger partial charge < -0.3 is 9.64 Å². The van der Waals surface area contributed by atoms with Gasteiger partial charge in [0.05, 0.1) is 26.1 Å². The third kappa shape index (κ3) is 5.06. The minimum Gasteiger partial charge on any atom is -0.497 e. The quantitative estimate of drug-likeness (QED) is 0.787. The molecule has 5 nitrogen and oxygen atoms in total. The van der Waals surface area contributed by atoms with E-state index in [1.54, 1.807) is 19.2 Å². The Bertz CT molecular complexity index is 723. The lowest BCUT2D eigenvalue weighted by Gasteiger charge is -2.09. The first kappa shape index (κ1) is 17.5. The molecule has 23 heavy (non-hydrogen) atoms. The molecule has 0 amide bonds. The second-order valence-corrected chi connectivity index (χ2v) is 7.47. The maximum absolute atomic E-state index is 12.3. The van der Waals surface area contributed by atoms with Gasteiger partial charge in [-0.3, -0.25) is 0 Å². The van der Waals surface area contributed by atoms with Crippen molar-refractivity contribution >= 4 is 10.0 Å². The second kappa shape index (κ2) is 7.59. The maximum Gasteiger partial charge on any atom is 0.240 e. The van der Waals surface area contributed by atoms with Crippen molar-refractivity contribution in [2.75, 3.05) is 21.2 Å². The Morgan fingerprint density at radius 2 is 1.52 bits per heavy atom. The van der Waals surface area contributed by atoms with Gasteiger partial charge in [-0.05, 0) is 29.8 Å². The Morgan fingerprint density at radius 3 is 2.04 bits per heavy atom. The SMILES string of the molecule is COc1ccc(S(=O)(=O)NCc2ccc(C[NH+](C)C)cc2)cc1. The number of benzene rings is 2. The largest absolute Gasteiger partial charge is 0.497 e. The number of quaternary nitrogens is 1.